The highest BCUT2D eigenvalue weighted by molar-refractivity contribution is 6.22. The fraction of sp³-hybridized carbons (Fsp3) is 0.200. The highest BCUT2D eigenvalue weighted by atomic mass is 16.5. The largest absolute Gasteiger partial charge is 0.493 e. The van der Waals surface area contributed by atoms with Crippen LogP contribution in [0.4, 0.5) is 0 Å². The fourth-order valence-electron chi connectivity index (χ4n) is 8.41. The van der Waals surface area contributed by atoms with Crippen molar-refractivity contribution in [1.82, 2.24) is 43.9 Å². The van der Waals surface area contributed by atoms with E-state index in [-0.39, 0.29) is 62.1 Å². The summed E-state index contributed by atoms with van der Waals surface area (Å²) in [5.74, 6) is 0.961. The summed E-state index contributed by atoms with van der Waals surface area (Å²) in [5.41, 5.74) is 4.22. The van der Waals surface area contributed by atoms with Gasteiger partial charge in [-0.15, -0.1) is 0 Å². The summed E-state index contributed by atoms with van der Waals surface area (Å²) in [7, 11) is 3.15. The molecule has 1 N–H and O–H groups in total. The van der Waals surface area contributed by atoms with Gasteiger partial charge in [-0.25, -0.2) is 15.0 Å². The van der Waals surface area contributed by atoms with Gasteiger partial charge in [0.2, 0.25) is 0 Å². The molecule has 4 aromatic heterocycles. The predicted octanol–water partition coefficient (Wildman–Crippen LogP) is 5.34. The van der Waals surface area contributed by atoms with Crippen LogP contribution in [-0.4, -0.2) is 94.8 Å². The van der Waals surface area contributed by atoms with Gasteiger partial charge in [0, 0.05) is 65.0 Å². The van der Waals surface area contributed by atoms with Crippen LogP contribution in [0, 0.1) is 0 Å². The molecule has 4 aromatic carbocycles. The minimum atomic E-state index is -0.336. The third-order valence-electron chi connectivity index (χ3n) is 11.9. The molecular formula is C50H45N9O8. The quantitative estimate of drug-likeness (QED) is 0.138. The standard InChI is InChI=1S/C27H24N4O5.C23H19N5O3.H2/c1-35-22-8-7-17(15-23(22)36-2)10-13-30-24(29-21-16-28-12-9-20(21)27(30)34)11-14-31-25(32)18-5-3-4-6-19(18)26(31)33;29-21-16-5-1-2-6-17(16)22(30)28(21)12-10-20-26-19-8-4-3-7-18(19)23(31)27(20)11-9-15-13-24-14-25-15;/h3-9,12,15-16H,10-11,13-14H2,1-2H3;1-8,13-14H,9-12H2,(H,24,25);1H. The van der Waals surface area contributed by atoms with E-state index in [2.05, 4.69) is 24.9 Å². The van der Waals surface area contributed by atoms with E-state index in [1.165, 1.54) is 9.80 Å². The van der Waals surface area contributed by atoms with Crippen molar-refractivity contribution in [2.75, 3.05) is 27.3 Å². The highest BCUT2D eigenvalue weighted by Gasteiger charge is 2.36. The Balaban J connectivity index is 0.000000183. The Hall–Kier alpha value is -8.60. The number of para-hydroxylation sites is 1. The van der Waals surface area contributed by atoms with Gasteiger partial charge in [-0.3, -0.25) is 52.7 Å². The van der Waals surface area contributed by atoms with Crippen molar-refractivity contribution < 1.29 is 30.1 Å². The molecule has 17 nitrogen and oxygen atoms in total. The first kappa shape index (κ1) is 43.6. The molecule has 338 valence electrons. The molecule has 0 saturated carbocycles. The summed E-state index contributed by atoms with van der Waals surface area (Å²) >= 11 is 0. The molecule has 0 saturated heterocycles. The summed E-state index contributed by atoms with van der Waals surface area (Å²) in [6, 6.07) is 28.0. The molecule has 17 heteroatoms. The van der Waals surface area contributed by atoms with Crippen molar-refractivity contribution in [3.8, 4) is 11.5 Å². The van der Waals surface area contributed by atoms with Crippen LogP contribution in [0.1, 0.15) is 65.8 Å². The lowest BCUT2D eigenvalue weighted by Crippen LogP contribution is -2.34. The molecule has 2 aliphatic heterocycles. The maximum absolute atomic E-state index is 13.4. The SMILES string of the molecule is COc1ccc(CCn2c(CCN3C(=O)c4ccccc4C3=O)nc3cnccc3c2=O)cc1OC.O=C1c2ccccc2C(=O)N1CCc1nc2ccccc2c(=O)n1CCc1cnc[nH]1.[HH]. The zero-order valence-electron chi connectivity index (χ0n) is 36.5. The van der Waals surface area contributed by atoms with Crippen molar-refractivity contribution in [2.45, 2.75) is 38.8 Å². The predicted molar refractivity (Wildman–Crippen MR) is 248 cm³/mol. The Labute approximate surface area is 383 Å². The average Bonchev–Trinajstić information content (AvgIpc) is 4.04. The Kier molecular flexibility index (Phi) is 12.3. The van der Waals surface area contributed by atoms with Crippen molar-refractivity contribution in [1.29, 1.82) is 0 Å². The number of H-pyrrole nitrogens is 1. The van der Waals surface area contributed by atoms with Gasteiger partial charge in [-0.1, -0.05) is 42.5 Å². The van der Waals surface area contributed by atoms with Crippen molar-refractivity contribution >= 4 is 45.4 Å². The number of hydrogen-bond acceptors (Lipinski definition) is 12. The molecule has 0 fully saturated rings. The number of benzene rings is 4. The highest BCUT2D eigenvalue weighted by Crippen LogP contribution is 2.28. The van der Waals surface area contributed by atoms with Gasteiger partial charge in [0.1, 0.15) is 11.6 Å². The number of aromatic nitrogens is 7. The average molecular weight is 900 g/mol. The van der Waals surface area contributed by atoms with Crippen LogP contribution in [-0.2, 0) is 38.8 Å². The van der Waals surface area contributed by atoms with E-state index in [0.29, 0.717) is 93.1 Å². The van der Waals surface area contributed by atoms with Crippen LogP contribution in [0.3, 0.4) is 0 Å². The third kappa shape index (κ3) is 8.57. The topological polar surface area (TPSA) is 205 Å². The molecular weight excluding hydrogens is 855 g/mol. The second-order valence-electron chi connectivity index (χ2n) is 15.8. The van der Waals surface area contributed by atoms with Gasteiger partial charge in [0.15, 0.2) is 11.5 Å². The first-order chi connectivity index (χ1) is 32.6. The number of nitrogens with one attached hydrogen (secondary N) is 1. The molecule has 6 heterocycles. The molecule has 0 aliphatic carbocycles. The molecule has 0 bridgehead atoms. The summed E-state index contributed by atoms with van der Waals surface area (Å²) in [5, 5.41) is 0.999. The number of amides is 4. The fourth-order valence-corrected chi connectivity index (χ4v) is 8.41. The van der Waals surface area contributed by atoms with Crippen LogP contribution < -0.4 is 20.6 Å². The first-order valence-electron chi connectivity index (χ1n) is 21.6. The maximum Gasteiger partial charge on any atom is 0.261 e. The van der Waals surface area contributed by atoms with Crippen LogP contribution >= 0.6 is 0 Å². The van der Waals surface area contributed by atoms with E-state index in [1.807, 2.05) is 30.3 Å². The summed E-state index contributed by atoms with van der Waals surface area (Å²) in [6.45, 7) is 1.04. The number of aryl methyl sites for hydroxylation is 2. The van der Waals surface area contributed by atoms with E-state index in [9.17, 15) is 28.8 Å². The minimum absolute atomic E-state index is 0. The number of rotatable bonds is 14. The lowest BCUT2D eigenvalue weighted by atomic mass is 10.1. The number of carbonyl (C=O) groups is 4. The normalized spacial score (nSPS) is 13.0. The zero-order chi connectivity index (χ0) is 46.6. The summed E-state index contributed by atoms with van der Waals surface area (Å²) in [4.78, 5) is 100. The number of aromatic amines is 1. The summed E-state index contributed by atoms with van der Waals surface area (Å²) in [6.07, 6.45) is 8.06. The van der Waals surface area contributed by atoms with E-state index in [1.54, 1.807) is 115 Å². The van der Waals surface area contributed by atoms with Crippen LogP contribution in [0.5, 0.6) is 11.5 Å². The molecule has 0 atom stereocenters. The number of imidazole rings is 1. The lowest BCUT2D eigenvalue weighted by Gasteiger charge is -2.17. The molecule has 0 radical (unpaired) electrons. The number of nitrogens with zero attached hydrogens (tertiary/aromatic N) is 8. The van der Waals surface area contributed by atoms with Crippen molar-refractivity contribution in [2.24, 2.45) is 0 Å². The molecule has 2 aliphatic rings. The number of pyridine rings is 1. The van der Waals surface area contributed by atoms with Gasteiger partial charge < -0.3 is 14.5 Å². The molecule has 4 amide bonds. The second kappa shape index (κ2) is 18.9. The third-order valence-corrected chi connectivity index (χ3v) is 11.9. The lowest BCUT2D eigenvalue weighted by molar-refractivity contribution is 0.0639. The van der Waals surface area contributed by atoms with Gasteiger partial charge in [-0.2, -0.15) is 0 Å². The van der Waals surface area contributed by atoms with Gasteiger partial charge in [0.25, 0.3) is 34.7 Å². The number of methoxy groups -OCH3 is 2. The van der Waals surface area contributed by atoms with E-state index in [0.717, 1.165) is 11.3 Å². The van der Waals surface area contributed by atoms with Crippen LogP contribution in [0.25, 0.3) is 21.8 Å². The second-order valence-corrected chi connectivity index (χ2v) is 15.8. The zero-order valence-corrected chi connectivity index (χ0v) is 36.5. The number of hydrogen-bond donors (Lipinski definition) is 1. The Morgan fingerprint density at radius 1 is 0.522 bits per heavy atom. The van der Waals surface area contributed by atoms with Crippen molar-refractivity contribution in [3.05, 3.63) is 188 Å². The Morgan fingerprint density at radius 2 is 1.04 bits per heavy atom. The Bertz CT molecular complexity index is 3280. The molecule has 0 unspecified atom stereocenters. The van der Waals surface area contributed by atoms with E-state index >= 15 is 0 Å². The monoisotopic (exact) mass is 899 g/mol. The van der Waals surface area contributed by atoms with Crippen LogP contribution in [0.2, 0.25) is 0 Å². The number of fused-ring (bicyclic) bond motifs is 4. The number of carbonyl (C=O) groups excluding carboxylic acids is 4. The molecule has 0 spiro atoms. The number of ether oxygens (including phenoxy) is 2. The van der Waals surface area contributed by atoms with E-state index < -0.39 is 0 Å². The van der Waals surface area contributed by atoms with Crippen LogP contribution in [0.15, 0.2) is 132 Å². The van der Waals surface area contributed by atoms with Gasteiger partial charge in [-0.05, 0) is 66.6 Å². The van der Waals surface area contributed by atoms with E-state index in [4.69, 9.17) is 9.47 Å². The minimum Gasteiger partial charge on any atom is -0.493 e. The molecule has 10 rings (SSSR count). The number of imide groups is 2. The maximum atomic E-state index is 13.4. The smallest absolute Gasteiger partial charge is 0.261 e. The van der Waals surface area contributed by atoms with Gasteiger partial charge >= 0.3 is 0 Å². The van der Waals surface area contributed by atoms with Gasteiger partial charge in [0.05, 0.1) is 70.8 Å². The summed E-state index contributed by atoms with van der Waals surface area (Å²) < 4.78 is 13.9. The molecule has 67 heavy (non-hydrogen) atoms. The Morgan fingerprint density at radius 3 is 1.60 bits per heavy atom. The van der Waals surface area contributed by atoms with Crippen molar-refractivity contribution in [3.63, 3.8) is 0 Å². The molecule has 8 aromatic rings. The first-order valence-corrected chi connectivity index (χ1v) is 21.6.